The zero-order valence-electron chi connectivity index (χ0n) is 10.2. The lowest BCUT2D eigenvalue weighted by atomic mass is 10.0. The predicted octanol–water partition coefficient (Wildman–Crippen LogP) is 2.48. The molecule has 0 amide bonds. The van der Waals surface area contributed by atoms with Crippen molar-refractivity contribution in [1.29, 1.82) is 0 Å². The van der Waals surface area contributed by atoms with Crippen molar-refractivity contribution in [2.75, 3.05) is 24.5 Å². The van der Waals surface area contributed by atoms with Crippen molar-refractivity contribution in [3.63, 3.8) is 0 Å². The third-order valence-corrected chi connectivity index (χ3v) is 4.31. The molecule has 2 aromatic rings. The first kappa shape index (κ1) is 11.0. The topological polar surface area (TPSA) is 28.2 Å². The highest BCUT2D eigenvalue weighted by molar-refractivity contribution is 7.11. The van der Waals surface area contributed by atoms with Gasteiger partial charge < -0.3 is 10.2 Å². The lowest BCUT2D eigenvalue weighted by Gasteiger charge is -2.43. The van der Waals surface area contributed by atoms with Gasteiger partial charge in [0.15, 0.2) is 0 Å². The summed E-state index contributed by atoms with van der Waals surface area (Å²) in [6, 6.07) is 8.40. The fraction of sp³-hybridized carbons (Fsp3) is 0.462. The molecule has 1 aromatic heterocycles. The highest BCUT2D eigenvalue weighted by Crippen LogP contribution is 2.35. The number of anilines is 1. The van der Waals surface area contributed by atoms with E-state index in [-0.39, 0.29) is 5.54 Å². The summed E-state index contributed by atoms with van der Waals surface area (Å²) in [7, 11) is 0. The highest BCUT2D eigenvalue weighted by Gasteiger charge is 2.31. The SMILES string of the molecule is CC1(C)CNCCN1c1snc2ccccc12. The normalized spacial score (nSPS) is 19.8. The van der Waals surface area contributed by atoms with Gasteiger partial charge >= 0.3 is 0 Å². The van der Waals surface area contributed by atoms with Gasteiger partial charge in [-0.3, -0.25) is 0 Å². The van der Waals surface area contributed by atoms with Crippen LogP contribution in [0, 0.1) is 0 Å². The minimum atomic E-state index is 0.160. The molecule has 1 aliphatic heterocycles. The fourth-order valence-corrected chi connectivity index (χ4v) is 3.48. The second-order valence-corrected chi connectivity index (χ2v) is 5.90. The summed E-state index contributed by atoms with van der Waals surface area (Å²) in [6.07, 6.45) is 0. The van der Waals surface area contributed by atoms with Crippen LogP contribution in [0.4, 0.5) is 5.00 Å². The largest absolute Gasteiger partial charge is 0.354 e. The first-order valence-electron chi connectivity index (χ1n) is 6.01. The van der Waals surface area contributed by atoms with Crippen molar-refractivity contribution >= 4 is 27.4 Å². The van der Waals surface area contributed by atoms with Crippen LogP contribution in [0.1, 0.15) is 13.8 Å². The Kier molecular flexibility index (Phi) is 2.56. The van der Waals surface area contributed by atoms with Gasteiger partial charge in [0.25, 0.3) is 0 Å². The average Bonchev–Trinajstić information content (AvgIpc) is 2.72. The molecular weight excluding hydrogens is 230 g/mol. The first-order valence-corrected chi connectivity index (χ1v) is 6.79. The molecule has 1 fully saturated rings. The molecule has 0 atom stereocenters. The molecule has 0 radical (unpaired) electrons. The average molecular weight is 247 g/mol. The molecule has 0 saturated carbocycles. The van der Waals surface area contributed by atoms with Crippen LogP contribution in [-0.2, 0) is 0 Å². The summed E-state index contributed by atoms with van der Waals surface area (Å²) < 4.78 is 4.54. The molecule has 2 heterocycles. The second kappa shape index (κ2) is 3.96. The summed E-state index contributed by atoms with van der Waals surface area (Å²) in [6.45, 7) is 7.70. The van der Waals surface area contributed by atoms with E-state index in [2.05, 4.69) is 52.7 Å². The Hall–Kier alpha value is -1.13. The van der Waals surface area contributed by atoms with Gasteiger partial charge in [0.1, 0.15) is 5.00 Å². The number of piperazine rings is 1. The van der Waals surface area contributed by atoms with Crippen LogP contribution < -0.4 is 10.2 Å². The number of rotatable bonds is 1. The molecule has 3 rings (SSSR count). The highest BCUT2D eigenvalue weighted by atomic mass is 32.1. The van der Waals surface area contributed by atoms with Gasteiger partial charge in [-0.05, 0) is 37.5 Å². The maximum Gasteiger partial charge on any atom is 0.120 e. The molecule has 0 bridgehead atoms. The van der Waals surface area contributed by atoms with E-state index >= 15 is 0 Å². The maximum absolute atomic E-state index is 4.54. The molecule has 0 aliphatic carbocycles. The smallest absolute Gasteiger partial charge is 0.120 e. The van der Waals surface area contributed by atoms with Gasteiger partial charge in [-0.15, -0.1) is 0 Å². The number of hydrogen-bond acceptors (Lipinski definition) is 4. The molecule has 1 N–H and O–H groups in total. The molecule has 1 aliphatic rings. The van der Waals surface area contributed by atoms with Crippen molar-refractivity contribution < 1.29 is 0 Å². The van der Waals surface area contributed by atoms with Crippen LogP contribution in [0.15, 0.2) is 24.3 Å². The quantitative estimate of drug-likeness (QED) is 0.839. The van der Waals surface area contributed by atoms with Crippen LogP contribution >= 0.6 is 11.5 Å². The lowest BCUT2D eigenvalue weighted by Crippen LogP contribution is -2.58. The predicted molar refractivity (Wildman–Crippen MR) is 73.9 cm³/mol. The third-order valence-electron chi connectivity index (χ3n) is 3.41. The monoisotopic (exact) mass is 247 g/mol. The minimum Gasteiger partial charge on any atom is -0.354 e. The van der Waals surface area contributed by atoms with Crippen molar-refractivity contribution in [3.8, 4) is 0 Å². The minimum absolute atomic E-state index is 0.160. The zero-order chi connectivity index (χ0) is 11.9. The van der Waals surface area contributed by atoms with Gasteiger partial charge in [-0.2, -0.15) is 4.37 Å². The van der Waals surface area contributed by atoms with E-state index in [4.69, 9.17) is 0 Å². The van der Waals surface area contributed by atoms with Crippen molar-refractivity contribution in [1.82, 2.24) is 9.69 Å². The summed E-state index contributed by atoms with van der Waals surface area (Å²) in [5.41, 5.74) is 1.27. The summed E-state index contributed by atoms with van der Waals surface area (Å²) in [5, 5.41) is 6.05. The molecule has 0 unspecified atom stereocenters. The van der Waals surface area contributed by atoms with E-state index in [1.807, 2.05) is 0 Å². The molecule has 90 valence electrons. The van der Waals surface area contributed by atoms with Gasteiger partial charge in [0, 0.05) is 30.6 Å². The van der Waals surface area contributed by atoms with Crippen LogP contribution in [0.3, 0.4) is 0 Å². The number of hydrogen-bond donors (Lipinski definition) is 1. The summed E-state index contributed by atoms with van der Waals surface area (Å²) >= 11 is 1.62. The van der Waals surface area contributed by atoms with Gasteiger partial charge in [0.05, 0.1) is 5.52 Å². The van der Waals surface area contributed by atoms with E-state index in [0.29, 0.717) is 0 Å². The van der Waals surface area contributed by atoms with Crippen LogP contribution in [0.25, 0.3) is 10.9 Å². The van der Waals surface area contributed by atoms with Crippen LogP contribution in [0.5, 0.6) is 0 Å². The Morgan fingerprint density at radius 1 is 1.35 bits per heavy atom. The van der Waals surface area contributed by atoms with E-state index in [9.17, 15) is 0 Å². The van der Waals surface area contributed by atoms with Gasteiger partial charge in [0.2, 0.25) is 0 Å². The van der Waals surface area contributed by atoms with Crippen molar-refractivity contribution in [3.05, 3.63) is 24.3 Å². The Bertz CT molecular complexity index is 532. The zero-order valence-corrected chi connectivity index (χ0v) is 11.0. The number of benzene rings is 1. The van der Waals surface area contributed by atoms with E-state index < -0.39 is 0 Å². The molecule has 0 spiro atoms. The number of fused-ring (bicyclic) bond motifs is 1. The lowest BCUT2D eigenvalue weighted by molar-refractivity contribution is 0.383. The molecular formula is C13H17N3S. The van der Waals surface area contributed by atoms with Crippen molar-refractivity contribution in [2.24, 2.45) is 0 Å². The molecule has 4 heteroatoms. The molecule has 3 nitrogen and oxygen atoms in total. The molecule has 1 aromatic carbocycles. The Morgan fingerprint density at radius 2 is 2.18 bits per heavy atom. The number of nitrogens with zero attached hydrogens (tertiary/aromatic N) is 2. The van der Waals surface area contributed by atoms with E-state index in [0.717, 1.165) is 25.2 Å². The van der Waals surface area contributed by atoms with E-state index in [1.54, 1.807) is 11.5 Å². The maximum atomic E-state index is 4.54. The standard InChI is InChI=1S/C13H17N3S/c1-13(2)9-14-7-8-16(13)12-10-5-3-4-6-11(10)15-17-12/h3-6,14H,7-9H2,1-2H3. The first-order chi connectivity index (χ1) is 8.18. The van der Waals surface area contributed by atoms with Crippen molar-refractivity contribution in [2.45, 2.75) is 19.4 Å². The Morgan fingerprint density at radius 3 is 3.00 bits per heavy atom. The Balaban J connectivity index is 2.08. The molecule has 1 saturated heterocycles. The fourth-order valence-electron chi connectivity index (χ4n) is 2.43. The summed E-state index contributed by atoms with van der Waals surface area (Å²) in [4.78, 5) is 2.49. The van der Waals surface area contributed by atoms with Crippen LogP contribution in [-0.4, -0.2) is 29.5 Å². The van der Waals surface area contributed by atoms with Crippen LogP contribution in [0.2, 0.25) is 0 Å². The number of aromatic nitrogens is 1. The van der Waals surface area contributed by atoms with Gasteiger partial charge in [-0.1, -0.05) is 12.1 Å². The second-order valence-electron chi connectivity index (χ2n) is 5.15. The third kappa shape index (κ3) is 1.81. The summed E-state index contributed by atoms with van der Waals surface area (Å²) in [5.74, 6) is 0. The Labute approximate surface area is 106 Å². The molecule has 17 heavy (non-hydrogen) atoms. The van der Waals surface area contributed by atoms with E-state index in [1.165, 1.54) is 10.4 Å². The number of nitrogens with one attached hydrogen (secondary N) is 1. The van der Waals surface area contributed by atoms with Gasteiger partial charge in [-0.25, -0.2) is 0 Å².